The van der Waals surface area contributed by atoms with Crippen molar-refractivity contribution in [2.45, 2.75) is 38.6 Å². The van der Waals surface area contributed by atoms with Gasteiger partial charge in [0, 0.05) is 25.7 Å². The molecule has 1 fully saturated rings. The topological polar surface area (TPSA) is 18.5 Å². The van der Waals surface area contributed by atoms with Crippen LogP contribution in [-0.2, 0) is 0 Å². The Morgan fingerprint density at radius 2 is 1.88 bits per heavy atom. The zero-order valence-electron chi connectivity index (χ0n) is 11.9. The molecule has 1 N–H and O–H groups in total. The number of likely N-dealkylation sites (N-methyl/N-ethyl adjacent to an activating group) is 2. The molecule has 0 amide bonds. The van der Waals surface area contributed by atoms with Crippen LogP contribution < -0.4 is 5.32 Å². The van der Waals surface area contributed by atoms with Crippen LogP contribution in [0, 0.1) is 5.92 Å². The second kappa shape index (κ2) is 6.01. The molecule has 0 heterocycles. The number of thiocarbonyl (C=S) groups is 1. The maximum Gasteiger partial charge on any atom is 0.168 e. The van der Waals surface area contributed by atoms with Gasteiger partial charge in [0.25, 0.3) is 0 Å². The van der Waals surface area contributed by atoms with Crippen LogP contribution in [0.2, 0.25) is 0 Å². The molecule has 0 aromatic rings. The van der Waals surface area contributed by atoms with Gasteiger partial charge < -0.3 is 15.1 Å². The molecule has 0 unspecified atom stereocenters. The molecule has 0 saturated heterocycles. The quantitative estimate of drug-likeness (QED) is 0.758. The fraction of sp³-hybridized carbons (Fsp3) is 0.923. The monoisotopic (exact) mass is 257 g/mol. The summed E-state index contributed by atoms with van der Waals surface area (Å²) >= 11 is 5.42. The van der Waals surface area contributed by atoms with E-state index in [1.807, 2.05) is 0 Å². The first-order chi connectivity index (χ1) is 7.87. The number of hydrogen-bond acceptors (Lipinski definition) is 2. The third kappa shape index (κ3) is 3.81. The van der Waals surface area contributed by atoms with Crippen molar-refractivity contribution in [1.82, 2.24) is 15.1 Å². The van der Waals surface area contributed by atoms with Gasteiger partial charge in [0.05, 0.1) is 0 Å². The molecule has 4 heteroatoms. The van der Waals surface area contributed by atoms with Crippen molar-refractivity contribution in [2.24, 2.45) is 5.92 Å². The first-order valence-electron chi connectivity index (χ1n) is 6.54. The van der Waals surface area contributed by atoms with E-state index in [1.165, 1.54) is 19.3 Å². The minimum Gasteiger partial charge on any atom is -0.362 e. The van der Waals surface area contributed by atoms with Gasteiger partial charge in [-0.2, -0.15) is 0 Å². The van der Waals surface area contributed by atoms with E-state index in [1.54, 1.807) is 0 Å². The summed E-state index contributed by atoms with van der Waals surface area (Å²) in [7, 11) is 6.45. The highest BCUT2D eigenvalue weighted by Gasteiger charge is 2.40. The third-order valence-corrected chi connectivity index (χ3v) is 4.23. The van der Waals surface area contributed by atoms with Gasteiger partial charge in [-0.1, -0.05) is 13.8 Å². The van der Waals surface area contributed by atoms with Crippen molar-refractivity contribution in [2.75, 3.05) is 34.2 Å². The summed E-state index contributed by atoms with van der Waals surface area (Å²) in [6.07, 6.45) is 3.92. The SMILES string of the molecule is CC(C)CNC(=S)N(C)CC1(N(C)C)CCC1. The normalized spacial score (nSPS) is 18.1. The lowest BCUT2D eigenvalue weighted by molar-refractivity contribution is 0.0429. The smallest absolute Gasteiger partial charge is 0.168 e. The summed E-state index contributed by atoms with van der Waals surface area (Å²) in [4.78, 5) is 4.55. The van der Waals surface area contributed by atoms with Crippen molar-refractivity contribution in [3.8, 4) is 0 Å². The van der Waals surface area contributed by atoms with E-state index in [0.717, 1.165) is 18.2 Å². The molecular weight excluding hydrogens is 230 g/mol. The van der Waals surface area contributed by atoms with Gasteiger partial charge in [-0.15, -0.1) is 0 Å². The van der Waals surface area contributed by atoms with Crippen molar-refractivity contribution < 1.29 is 0 Å². The predicted octanol–water partition coefficient (Wildman–Crippen LogP) is 1.93. The first-order valence-corrected chi connectivity index (χ1v) is 6.94. The van der Waals surface area contributed by atoms with E-state index in [9.17, 15) is 0 Å². The Bertz CT molecular complexity index is 259. The van der Waals surface area contributed by atoms with Crippen LogP contribution in [0.25, 0.3) is 0 Å². The number of rotatable bonds is 5. The zero-order valence-corrected chi connectivity index (χ0v) is 12.7. The molecule has 3 nitrogen and oxygen atoms in total. The van der Waals surface area contributed by atoms with Crippen LogP contribution in [0.5, 0.6) is 0 Å². The fourth-order valence-corrected chi connectivity index (χ4v) is 2.42. The standard InChI is InChI=1S/C13H27N3S/c1-11(2)9-14-12(17)16(5)10-13(15(3)4)7-6-8-13/h11H,6-10H2,1-5H3,(H,14,17). The van der Waals surface area contributed by atoms with Gasteiger partial charge in [0.2, 0.25) is 0 Å². The Labute approximate surface area is 112 Å². The van der Waals surface area contributed by atoms with Crippen LogP contribution in [0.3, 0.4) is 0 Å². The molecule has 1 aliphatic carbocycles. The lowest BCUT2D eigenvalue weighted by atomic mass is 9.75. The van der Waals surface area contributed by atoms with E-state index in [2.05, 4.69) is 50.1 Å². The minimum atomic E-state index is 0.346. The largest absolute Gasteiger partial charge is 0.362 e. The summed E-state index contributed by atoms with van der Waals surface area (Å²) in [6.45, 7) is 6.38. The van der Waals surface area contributed by atoms with Gasteiger partial charge in [0.15, 0.2) is 5.11 Å². The van der Waals surface area contributed by atoms with Crippen LogP contribution in [0.1, 0.15) is 33.1 Å². The molecular formula is C13H27N3S. The van der Waals surface area contributed by atoms with Gasteiger partial charge in [-0.25, -0.2) is 0 Å². The summed E-state index contributed by atoms with van der Waals surface area (Å²) in [5, 5.41) is 4.21. The molecule has 0 aliphatic heterocycles. The molecule has 1 aliphatic rings. The van der Waals surface area contributed by atoms with Gasteiger partial charge in [-0.05, 0) is 51.5 Å². The van der Waals surface area contributed by atoms with Crippen molar-refractivity contribution in [1.29, 1.82) is 0 Å². The number of hydrogen-bond donors (Lipinski definition) is 1. The average molecular weight is 257 g/mol. The summed E-state index contributed by atoms with van der Waals surface area (Å²) in [5.74, 6) is 0.632. The average Bonchev–Trinajstić information content (AvgIpc) is 2.18. The molecule has 100 valence electrons. The molecule has 0 aromatic carbocycles. The second-order valence-corrected chi connectivity index (χ2v) is 6.29. The van der Waals surface area contributed by atoms with E-state index in [-0.39, 0.29) is 0 Å². The van der Waals surface area contributed by atoms with Crippen molar-refractivity contribution >= 4 is 17.3 Å². The molecule has 0 atom stereocenters. The number of nitrogens with zero attached hydrogens (tertiary/aromatic N) is 2. The van der Waals surface area contributed by atoms with E-state index in [4.69, 9.17) is 12.2 Å². The fourth-order valence-electron chi connectivity index (χ4n) is 2.27. The van der Waals surface area contributed by atoms with Gasteiger partial charge in [0.1, 0.15) is 0 Å². The highest BCUT2D eigenvalue weighted by atomic mass is 32.1. The molecule has 0 aromatic heterocycles. The lowest BCUT2D eigenvalue weighted by Gasteiger charge is -2.49. The van der Waals surface area contributed by atoms with Gasteiger partial charge >= 0.3 is 0 Å². The maximum absolute atomic E-state index is 5.42. The Morgan fingerprint density at radius 3 is 2.24 bits per heavy atom. The van der Waals surface area contributed by atoms with Crippen LogP contribution >= 0.6 is 12.2 Å². The maximum atomic E-state index is 5.42. The van der Waals surface area contributed by atoms with Crippen LogP contribution in [0.4, 0.5) is 0 Å². The molecule has 17 heavy (non-hydrogen) atoms. The van der Waals surface area contributed by atoms with E-state index in [0.29, 0.717) is 11.5 Å². The predicted molar refractivity (Wildman–Crippen MR) is 78.3 cm³/mol. The minimum absolute atomic E-state index is 0.346. The van der Waals surface area contributed by atoms with Crippen molar-refractivity contribution in [3.63, 3.8) is 0 Å². The van der Waals surface area contributed by atoms with Crippen LogP contribution in [0.15, 0.2) is 0 Å². The second-order valence-electron chi connectivity index (χ2n) is 5.91. The first kappa shape index (κ1) is 14.7. The number of nitrogens with one attached hydrogen (secondary N) is 1. The highest BCUT2D eigenvalue weighted by Crippen LogP contribution is 2.36. The Hall–Kier alpha value is -0.350. The molecule has 1 rings (SSSR count). The highest BCUT2D eigenvalue weighted by molar-refractivity contribution is 7.80. The molecule has 0 spiro atoms. The summed E-state index contributed by atoms with van der Waals surface area (Å²) < 4.78 is 0. The van der Waals surface area contributed by atoms with Crippen molar-refractivity contribution in [3.05, 3.63) is 0 Å². The summed E-state index contributed by atoms with van der Waals surface area (Å²) in [6, 6.07) is 0. The summed E-state index contributed by atoms with van der Waals surface area (Å²) in [5.41, 5.74) is 0.346. The molecule has 0 radical (unpaired) electrons. The third-order valence-electron chi connectivity index (χ3n) is 3.77. The lowest BCUT2D eigenvalue weighted by Crippen LogP contribution is -2.58. The van der Waals surface area contributed by atoms with Gasteiger partial charge in [-0.3, -0.25) is 0 Å². The van der Waals surface area contributed by atoms with E-state index < -0.39 is 0 Å². The Kier molecular flexibility index (Phi) is 5.20. The molecule has 1 saturated carbocycles. The molecule has 0 bridgehead atoms. The van der Waals surface area contributed by atoms with Crippen LogP contribution in [-0.4, -0.2) is 54.7 Å². The Morgan fingerprint density at radius 1 is 1.29 bits per heavy atom. The zero-order chi connectivity index (χ0) is 13.1. The van der Waals surface area contributed by atoms with E-state index >= 15 is 0 Å². The Balaban J connectivity index is 2.42.